The van der Waals surface area contributed by atoms with Crippen LogP contribution in [0.5, 0.6) is 0 Å². The van der Waals surface area contributed by atoms with E-state index in [0.717, 1.165) is 0 Å². The summed E-state index contributed by atoms with van der Waals surface area (Å²) in [7, 11) is 0. The third-order valence-electron chi connectivity index (χ3n) is 4.02. The van der Waals surface area contributed by atoms with E-state index in [1.165, 1.54) is 70.6 Å². The molecule has 0 radical (unpaired) electrons. The van der Waals surface area contributed by atoms with Crippen molar-refractivity contribution in [2.45, 2.75) is 83.7 Å². The Morgan fingerprint density at radius 3 is 1.65 bits per heavy atom. The fourth-order valence-electron chi connectivity index (χ4n) is 2.89. The number of aliphatic hydroxyl groups is 1. The van der Waals surface area contributed by atoms with Crippen LogP contribution in [-0.4, -0.2) is 11.2 Å². The lowest BCUT2D eigenvalue weighted by Crippen LogP contribution is -2.18. The van der Waals surface area contributed by atoms with Crippen LogP contribution in [-0.2, 0) is 0 Å². The summed E-state index contributed by atoms with van der Waals surface area (Å²) < 4.78 is 0. The first-order chi connectivity index (χ1) is 8.34. The van der Waals surface area contributed by atoms with E-state index in [1.54, 1.807) is 0 Å². The Morgan fingerprint density at radius 2 is 1.24 bits per heavy atom. The lowest BCUT2D eigenvalue weighted by atomic mass is 9.88. The van der Waals surface area contributed by atoms with Crippen LogP contribution in [0.1, 0.15) is 77.6 Å². The molecule has 0 aromatic rings. The standard InChI is InChI=1S/C16H30O/c1-2-12-16(17)15-13-10-8-6-4-3-5-7-9-11-14-15/h2,12,15-17H,3-11,13-14H2,1H3/b12-2+. The van der Waals surface area contributed by atoms with Gasteiger partial charge in [0.2, 0.25) is 0 Å². The van der Waals surface area contributed by atoms with Crippen LogP contribution in [0.25, 0.3) is 0 Å². The van der Waals surface area contributed by atoms with Crippen molar-refractivity contribution in [1.29, 1.82) is 0 Å². The SMILES string of the molecule is C/C=C/C(O)C1CCCCCCCCCCC1. The van der Waals surface area contributed by atoms with Crippen LogP contribution < -0.4 is 0 Å². The summed E-state index contributed by atoms with van der Waals surface area (Å²) in [5.74, 6) is 0.505. The van der Waals surface area contributed by atoms with Gasteiger partial charge < -0.3 is 5.11 Å². The zero-order valence-electron chi connectivity index (χ0n) is 11.5. The van der Waals surface area contributed by atoms with Gasteiger partial charge in [0.05, 0.1) is 6.10 Å². The molecule has 1 atom stereocenters. The van der Waals surface area contributed by atoms with Crippen molar-refractivity contribution in [3.8, 4) is 0 Å². The maximum atomic E-state index is 10.1. The second-order valence-electron chi connectivity index (χ2n) is 5.54. The van der Waals surface area contributed by atoms with Gasteiger partial charge in [0.25, 0.3) is 0 Å². The predicted molar refractivity (Wildman–Crippen MR) is 75.1 cm³/mol. The van der Waals surface area contributed by atoms with Crippen LogP contribution in [0, 0.1) is 5.92 Å². The zero-order chi connectivity index (χ0) is 12.3. The lowest BCUT2D eigenvalue weighted by molar-refractivity contribution is 0.135. The minimum atomic E-state index is -0.206. The Kier molecular flexibility index (Phi) is 8.42. The van der Waals surface area contributed by atoms with Gasteiger partial charge in [-0.25, -0.2) is 0 Å². The molecule has 0 saturated heterocycles. The third-order valence-corrected chi connectivity index (χ3v) is 4.02. The first-order valence-electron chi connectivity index (χ1n) is 7.65. The van der Waals surface area contributed by atoms with Crippen molar-refractivity contribution >= 4 is 0 Å². The maximum absolute atomic E-state index is 10.1. The van der Waals surface area contributed by atoms with E-state index in [-0.39, 0.29) is 6.10 Å². The van der Waals surface area contributed by atoms with Crippen LogP contribution in [0.15, 0.2) is 12.2 Å². The smallest absolute Gasteiger partial charge is 0.0748 e. The molecule has 0 heterocycles. The van der Waals surface area contributed by atoms with Crippen molar-refractivity contribution < 1.29 is 5.11 Å². The highest BCUT2D eigenvalue weighted by atomic mass is 16.3. The van der Waals surface area contributed by atoms with Gasteiger partial charge in [0, 0.05) is 0 Å². The number of rotatable bonds is 2. The molecular weight excluding hydrogens is 208 g/mol. The van der Waals surface area contributed by atoms with Gasteiger partial charge in [-0.15, -0.1) is 0 Å². The van der Waals surface area contributed by atoms with Gasteiger partial charge in [0.15, 0.2) is 0 Å². The normalized spacial score (nSPS) is 24.1. The second kappa shape index (κ2) is 9.70. The Morgan fingerprint density at radius 1 is 0.824 bits per heavy atom. The molecule has 1 rings (SSSR count). The minimum Gasteiger partial charge on any atom is -0.389 e. The summed E-state index contributed by atoms with van der Waals surface area (Å²) in [4.78, 5) is 0. The Balaban J connectivity index is 2.36. The van der Waals surface area contributed by atoms with E-state index >= 15 is 0 Å². The van der Waals surface area contributed by atoms with Crippen LogP contribution >= 0.6 is 0 Å². The summed E-state index contributed by atoms with van der Waals surface area (Å²) in [6, 6.07) is 0. The molecule has 1 saturated carbocycles. The number of hydrogen-bond acceptors (Lipinski definition) is 1. The molecule has 1 N–H and O–H groups in total. The van der Waals surface area contributed by atoms with Gasteiger partial charge in [0.1, 0.15) is 0 Å². The van der Waals surface area contributed by atoms with E-state index in [1.807, 2.05) is 19.1 Å². The molecular formula is C16H30O. The summed E-state index contributed by atoms with van der Waals surface area (Å²) in [5.41, 5.74) is 0. The Hall–Kier alpha value is -0.300. The van der Waals surface area contributed by atoms with Crippen molar-refractivity contribution in [2.24, 2.45) is 5.92 Å². The summed E-state index contributed by atoms with van der Waals surface area (Å²) in [6.07, 6.45) is 18.6. The van der Waals surface area contributed by atoms with Gasteiger partial charge in [-0.1, -0.05) is 69.9 Å². The van der Waals surface area contributed by atoms with E-state index in [9.17, 15) is 5.11 Å². The number of hydrogen-bond donors (Lipinski definition) is 1. The molecule has 0 aliphatic heterocycles. The van der Waals surface area contributed by atoms with Crippen LogP contribution in [0.4, 0.5) is 0 Å². The fraction of sp³-hybridized carbons (Fsp3) is 0.875. The van der Waals surface area contributed by atoms with E-state index in [4.69, 9.17) is 0 Å². The maximum Gasteiger partial charge on any atom is 0.0748 e. The lowest BCUT2D eigenvalue weighted by Gasteiger charge is -2.21. The van der Waals surface area contributed by atoms with Crippen molar-refractivity contribution in [3.63, 3.8) is 0 Å². The fourth-order valence-corrected chi connectivity index (χ4v) is 2.89. The molecule has 17 heavy (non-hydrogen) atoms. The van der Waals surface area contributed by atoms with E-state index < -0.39 is 0 Å². The topological polar surface area (TPSA) is 20.2 Å². The molecule has 1 nitrogen and oxygen atoms in total. The highest BCUT2D eigenvalue weighted by molar-refractivity contribution is 4.89. The first kappa shape index (κ1) is 14.8. The molecule has 0 amide bonds. The molecule has 1 fully saturated rings. The largest absolute Gasteiger partial charge is 0.389 e. The summed E-state index contributed by atoms with van der Waals surface area (Å²) in [5, 5.41) is 10.1. The van der Waals surface area contributed by atoms with Gasteiger partial charge in [-0.2, -0.15) is 0 Å². The molecule has 0 aromatic heterocycles. The zero-order valence-corrected chi connectivity index (χ0v) is 11.5. The molecule has 1 unspecified atom stereocenters. The number of allylic oxidation sites excluding steroid dienone is 1. The predicted octanol–water partition coefficient (Wildman–Crippen LogP) is 4.84. The Labute approximate surface area is 107 Å². The van der Waals surface area contributed by atoms with Crippen molar-refractivity contribution in [2.75, 3.05) is 0 Å². The molecule has 1 heteroatoms. The van der Waals surface area contributed by atoms with E-state index in [0.29, 0.717) is 5.92 Å². The molecule has 1 aliphatic carbocycles. The third kappa shape index (κ3) is 6.88. The van der Waals surface area contributed by atoms with Gasteiger partial charge in [-0.05, 0) is 25.7 Å². The van der Waals surface area contributed by atoms with E-state index in [2.05, 4.69) is 0 Å². The monoisotopic (exact) mass is 238 g/mol. The highest BCUT2D eigenvalue weighted by Gasteiger charge is 2.16. The first-order valence-corrected chi connectivity index (χ1v) is 7.65. The minimum absolute atomic E-state index is 0.206. The highest BCUT2D eigenvalue weighted by Crippen LogP contribution is 2.24. The quantitative estimate of drug-likeness (QED) is 0.682. The van der Waals surface area contributed by atoms with Crippen LogP contribution in [0.2, 0.25) is 0 Å². The second-order valence-corrected chi connectivity index (χ2v) is 5.54. The molecule has 0 bridgehead atoms. The van der Waals surface area contributed by atoms with Crippen molar-refractivity contribution in [1.82, 2.24) is 0 Å². The summed E-state index contributed by atoms with van der Waals surface area (Å²) >= 11 is 0. The summed E-state index contributed by atoms with van der Waals surface area (Å²) in [6.45, 7) is 2.00. The van der Waals surface area contributed by atoms with Gasteiger partial charge >= 0.3 is 0 Å². The average molecular weight is 238 g/mol. The van der Waals surface area contributed by atoms with Gasteiger partial charge in [-0.3, -0.25) is 0 Å². The molecule has 100 valence electrons. The molecule has 0 aromatic carbocycles. The molecule has 1 aliphatic rings. The number of aliphatic hydroxyl groups excluding tert-OH is 1. The van der Waals surface area contributed by atoms with Crippen molar-refractivity contribution in [3.05, 3.63) is 12.2 Å². The Bertz CT molecular complexity index is 186. The average Bonchev–Trinajstić information content (AvgIpc) is 2.30. The van der Waals surface area contributed by atoms with Crippen LogP contribution in [0.3, 0.4) is 0 Å². The molecule has 0 spiro atoms.